The highest BCUT2D eigenvalue weighted by Gasteiger charge is 2.32. The molecule has 3 rings (SSSR count). The summed E-state index contributed by atoms with van der Waals surface area (Å²) in [5.41, 5.74) is 1.76. The molecule has 0 bridgehead atoms. The molecule has 0 unspecified atom stereocenters. The molecule has 6 heteroatoms. The highest BCUT2D eigenvalue weighted by atomic mass is 35.5. The van der Waals surface area contributed by atoms with Crippen LogP contribution in [0.4, 0.5) is 5.69 Å². The summed E-state index contributed by atoms with van der Waals surface area (Å²) in [4.78, 5) is 0.0988. The topological polar surface area (TPSA) is 46.6 Å². The lowest BCUT2D eigenvalue weighted by molar-refractivity contribution is 0.414. The Morgan fingerprint density at radius 3 is 2.67 bits per heavy atom. The molecule has 2 aromatic carbocycles. The molecule has 1 aliphatic rings. The van der Waals surface area contributed by atoms with E-state index in [1.54, 1.807) is 6.07 Å². The molecule has 0 fully saturated rings. The molecule has 2 aromatic rings. The number of fused-ring (bicyclic) bond motifs is 1. The van der Waals surface area contributed by atoms with E-state index in [0.29, 0.717) is 18.7 Å². The second-order valence-electron chi connectivity index (χ2n) is 4.75. The summed E-state index contributed by atoms with van der Waals surface area (Å²) >= 11 is 6.11. The first kappa shape index (κ1) is 14.2. The van der Waals surface area contributed by atoms with Gasteiger partial charge < -0.3 is 4.74 Å². The van der Waals surface area contributed by atoms with E-state index in [2.05, 4.69) is 0 Å². The third-order valence-electron chi connectivity index (χ3n) is 3.55. The van der Waals surface area contributed by atoms with Crippen LogP contribution in [0.2, 0.25) is 5.02 Å². The Labute approximate surface area is 129 Å². The van der Waals surface area contributed by atoms with Crippen molar-refractivity contribution in [2.75, 3.05) is 18.0 Å². The number of benzene rings is 2. The van der Waals surface area contributed by atoms with Gasteiger partial charge in [0, 0.05) is 12.6 Å². The van der Waals surface area contributed by atoms with E-state index >= 15 is 0 Å². The lowest BCUT2D eigenvalue weighted by Gasteiger charge is -2.20. The zero-order valence-electron chi connectivity index (χ0n) is 11.4. The van der Waals surface area contributed by atoms with E-state index in [0.717, 1.165) is 11.3 Å². The number of halogens is 1. The van der Waals surface area contributed by atoms with E-state index in [4.69, 9.17) is 16.3 Å². The van der Waals surface area contributed by atoms with Crippen molar-refractivity contribution < 1.29 is 13.2 Å². The largest absolute Gasteiger partial charge is 0.497 e. The molecule has 0 atom stereocenters. The predicted octanol–water partition coefficient (Wildman–Crippen LogP) is 3.10. The first-order chi connectivity index (χ1) is 10.0. The standard InChI is InChI=1S/C15H14ClNO3S/c1-20-12-6-7-15(13(16)10-12)21(18,19)17-9-8-11-4-2-3-5-14(11)17/h2-7,10H,8-9H2,1H3. The van der Waals surface area contributed by atoms with Crippen molar-refractivity contribution in [3.8, 4) is 5.75 Å². The molecule has 110 valence electrons. The first-order valence-electron chi connectivity index (χ1n) is 6.48. The number of para-hydroxylation sites is 1. The van der Waals surface area contributed by atoms with Crippen molar-refractivity contribution in [2.24, 2.45) is 0 Å². The van der Waals surface area contributed by atoms with Crippen molar-refractivity contribution in [2.45, 2.75) is 11.3 Å². The summed E-state index contributed by atoms with van der Waals surface area (Å²) in [5.74, 6) is 0.528. The van der Waals surface area contributed by atoms with Gasteiger partial charge >= 0.3 is 0 Å². The Bertz CT molecular complexity index is 789. The highest BCUT2D eigenvalue weighted by molar-refractivity contribution is 7.93. The van der Waals surface area contributed by atoms with Crippen molar-refractivity contribution in [1.82, 2.24) is 0 Å². The Kier molecular flexibility index (Phi) is 3.55. The van der Waals surface area contributed by atoms with E-state index in [1.807, 2.05) is 24.3 Å². The van der Waals surface area contributed by atoms with Gasteiger partial charge in [-0.05, 0) is 30.2 Å². The normalized spacial score (nSPS) is 14.1. The van der Waals surface area contributed by atoms with Crippen LogP contribution in [-0.2, 0) is 16.4 Å². The summed E-state index contributed by atoms with van der Waals surface area (Å²) in [7, 11) is -2.15. The van der Waals surface area contributed by atoms with Crippen molar-refractivity contribution >= 4 is 27.3 Å². The molecule has 0 radical (unpaired) electrons. The molecule has 0 saturated carbocycles. The number of hydrogen-bond donors (Lipinski definition) is 0. The molecule has 0 spiro atoms. The van der Waals surface area contributed by atoms with Crippen molar-refractivity contribution in [1.29, 1.82) is 0 Å². The zero-order valence-corrected chi connectivity index (χ0v) is 13.0. The molecular formula is C15H14ClNO3S. The quantitative estimate of drug-likeness (QED) is 0.872. The minimum atomic E-state index is -3.66. The second-order valence-corrected chi connectivity index (χ2v) is 6.99. The number of sulfonamides is 1. The Balaban J connectivity index is 2.06. The Morgan fingerprint density at radius 2 is 1.95 bits per heavy atom. The fourth-order valence-electron chi connectivity index (χ4n) is 2.49. The monoisotopic (exact) mass is 323 g/mol. The average Bonchev–Trinajstić information content (AvgIpc) is 2.91. The van der Waals surface area contributed by atoms with Gasteiger partial charge in [-0.25, -0.2) is 8.42 Å². The second kappa shape index (κ2) is 5.24. The Hall–Kier alpha value is -1.72. The van der Waals surface area contributed by atoms with E-state index < -0.39 is 10.0 Å². The molecule has 0 aromatic heterocycles. The Morgan fingerprint density at radius 1 is 1.19 bits per heavy atom. The third kappa shape index (κ3) is 2.36. The molecular weight excluding hydrogens is 310 g/mol. The molecule has 4 nitrogen and oxygen atoms in total. The van der Waals surface area contributed by atoms with Crippen molar-refractivity contribution in [3.05, 3.63) is 53.1 Å². The predicted molar refractivity (Wildman–Crippen MR) is 82.7 cm³/mol. The number of methoxy groups -OCH3 is 1. The van der Waals surface area contributed by atoms with Gasteiger partial charge in [-0.3, -0.25) is 4.31 Å². The SMILES string of the molecule is COc1ccc(S(=O)(=O)N2CCc3ccccc32)c(Cl)c1. The van der Waals surface area contributed by atoms with Crippen LogP contribution in [-0.4, -0.2) is 22.1 Å². The highest BCUT2D eigenvalue weighted by Crippen LogP contribution is 2.35. The van der Waals surface area contributed by atoms with Gasteiger partial charge in [-0.1, -0.05) is 29.8 Å². The molecule has 0 amide bonds. The number of hydrogen-bond acceptors (Lipinski definition) is 3. The van der Waals surface area contributed by atoms with Gasteiger partial charge in [-0.15, -0.1) is 0 Å². The van der Waals surface area contributed by atoms with Crippen LogP contribution in [0.5, 0.6) is 5.75 Å². The number of nitrogens with zero attached hydrogens (tertiary/aromatic N) is 1. The van der Waals surface area contributed by atoms with E-state index in [9.17, 15) is 8.42 Å². The summed E-state index contributed by atoms with van der Waals surface area (Å²) in [5, 5.41) is 0.165. The van der Waals surface area contributed by atoms with Crippen LogP contribution >= 0.6 is 11.6 Å². The van der Waals surface area contributed by atoms with Gasteiger partial charge in [-0.2, -0.15) is 0 Å². The maximum absolute atomic E-state index is 12.8. The van der Waals surface area contributed by atoms with Crippen LogP contribution < -0.4 is 9.04 Å². The van der Waals surface area contributed by atoms with Crippen LogP contribution in [0, 0.1) is 0 Å². The zero-order chi connectivity index (χ0) is 15.0. The van der Waals surface area contributed by atoms with Gasteiger partial charge in [0.15, 0.2) is 0 Å². The van der Waals surface area contributed by atoms with Crippen LogP contribution in [0.1, 0.15) is 5.56 Å². The minimum Gasteiger partial charge on any atom is -0.497 e. The van der Waals surface area contributed by atoms with Gasteiger partial charge in [0.05, 0.1) is 17.8 Å². The van der Waals surface area contributed by atoms with E-state index in [-0.39, 0.29) is 9.92 Å². The third-order valence-corrected chi connectivity index (χ3v) is 5.85. The molecule has 21 heavy (non-hydrogen) atoms. The summed E-state index contributed by atoms with van der Waals surface area (Å²) in [6, 6.07) is 12.1. The fourth-order valence-corrected chi connectivity index (χ4v) is 4.51. The van der Waals surface area contributed by atoms with Gasteiger partial charge in [0.2, 0.25) is 0 Å². The lowest BCUT2D eigenvalue weighted by atomic mass is 10.2. The number of ether oxygens (including phenoxy) is 1. The summed E-state index contributed by atoms with van der Waals surface area (Å²) in [6.45, 7) is 0.435. The summed E-state index contributed by atoms with van der Waals surface area (Å²) in [6.07, 6.45) is 0.711. The minimum absolute atomic E-state index is 0.0988. The van der Waals surface area contributed by atoms with Crippen LogP contribution in [0.3, 0.4) is 0 Å². The molecule has 0 N–H and O–H groups in total. The molecule has 0 aliphatic carbocycles. The fraction of sp³-hybridized carbons (Fsp3) is 0.200. The lowest BCUT2D eigenvalue weighted by Crippen LogP contribution is -2.29. The average molecular weight is 324 g/mol. The van der Waals surface area contributed by atoms with Gasteiger partial charge in [0.1, 0.15) is 10.6 Å². The van der Waals surface area contributed by atoms with Crippen LogP contribution in [0.25, 0.3) is 0 Å². The maximum Gasteiger partial charge on any atom is 0.265 e. The number of anilines is 1. The molecule has 0 saturated heterocycles. The maximum atomic E-state index is 12.8. The van der Waals surface area contributed by atoms with Gasteiger partial charge in [0.25, 0.3) is 10.0 Å². The smallest absolute Gasteiger partial charge is 0.265 e. The number of rotatable bonds is 3. The molecule has 1 heterocycles. The van der Waals surface area contributed by atoms with E-state index in [1.165, 1.54) is 23.5 Å². The molecule has 1 aliphatic heterocycles. The van der Waals surface area contributed by atoms with Crippen molar-refractivity contribution in [3.63, 3.8) is 0 Å². The van der Waals surface area contributed by atoms with Crippen LogP contribution in [0.15, 0.2) is 47.4 Å². The first-order valence-corrected chi connectivity index (χ1v) is 8.30. The summed E-state index contributed by atoms with van der Waals surface area (Å²) < 4.78 is 32.1.